The first-order valence-electron chi connectivity index (χ1n) is 17.3. The van der Waals surface area contributed by atoms with Gasteiger partial charge in [-0.3, -0.25) is 19.3 Å². The number of ether oxygens (including phenoxy) is 2. The van der Waals surface area contributed by atoms with Crippen molar-refractivity contribution in [3.05, 3.63) is 93.8 Å². The number of nitriles is 1. The molecule has 0 saturated carbocycles. The predicted octanol–water partition coefficient (Wildman–Crippen LogP) is 5.41. The van der Waals surface area contributed by atoms with E-state index in [4.69, 9.17) is 20.5 Å². The fraction of sp³-hybridized carbons (Fsp3) is 0.436. The van der Waals surface area contributed by atoms with Crippen molar-refractivity contribution >= 4 is 23.5 Å². The van der Waals surface area contributed by atoms with E-state index in [0.29, 0.717) is 53.9 Å². The lowest BCUT2D eigenvalue weighted by Gasteiger charge is -2.42. The van der Waals surface area contributed by atoms with Crippen molar-refractivity contribution in [2.45, 2.75) is 83.7 Å². The summed E-state index contributed by atoms with van der Waals surface area (Å²) in [4.78, 5) is 44.1. The number of esters is 1. The van der Waals surface area contributed by atoms with Crippen LogP contribution in [0.5, 0.6) is 5.75 Å². The fourth-order valence-electron chi connectivity index (χ4n) is 7.39. The minimum absolute atomic E-state index is 0.0394. The molecular weight excluding hydrogens is 637 g/mol. The molecule has 50 heavy (non-hydrogen) atoms. The third-order valence-corrected chi connectivity index (χ3v) is 9.76. The quantitative estimate of drug-likeness (QED) is 0.282. The van der Waals surface area contributed by atoms with Crippen molar-refractivity contribution in [2.24, 2.45) is 5.73 Å². The number of carbonyl (C=O) groups excluding carboxylic acids is 3. The van der Waals surface area contributed by atoms with Gasteiger partial charge in [0.25, 0.3) is 5.91 Å². The smallest absolute Gasteiger partial charge is 0.306 e. The third kappa shape index (κ3) is 7.60. The number of primary amides is 1. The Labute approximate surface area is 292 Å². The summed E-state index contributed by atoms with van der Waals surface area (Å²) in [6, 6.07) is 17.8. The molecule has 10 nitrogen and oxygen atoms in total. The maximum atomic E-state index is 14.7. The number of aryl methyl sites for hydroxylation is 1. The molecule has 3 aromatic carbocycles. The highest BCUT2D eigenvalue weighted by Crippen LogP contribution is 2.37. The van der Waals surface area contributed by atoms with Gasteiger partial charge in [0.1, 0.15) is 29.8 Å². The molecular formula is C39H44FN5O5. The van der Waals surface area contributed by atoms with Crippen molar-refractivity contribution in [3.8, 4) is 11.8 Å². The summed E-state index contributed by atoms with van der Waals surface area (Å²) >= 11 is 0. The maximum absolute atomic E-state index is 14.7. The van der Waals surface area contributed by atoms with Gasteiger partial charge in [0.05, 0.1) is 23.9 Å². The van der Waals surface area contributed by atoms with Gasteiger partial charge in [-0.25, -0.2) is 4.39 Å². The molecule has 1 saturated heterocycles. The van der Waals surface area contributed by atoms with Crippen LogP contribution < -0.4 is 15.4 Å². The summed E-state index contributed by atoms with van der Waals surface area (Å²) in [6.07, 6.45) is 3.16. The van der Waals surface area contributed by atoms with Gasteiger partial charge in [-0.1, -0.05) is 24.3 Å². The second-order valence-electron chi connectivity index (χ2n) is 14.3. The topological polar surface area (TPSA) is 129 Å². The molecule has 2 N–H and O–H groups in total. The zero-order valence-corrected chi connectivity index (χ0v) is 28.9. The molecule has 2 amide bonds. The Morgan fingerprint density at radius 2 is 1.86 bits per heavy atom. The van der Waals surface area contributed by atoms with Gasteiger partial charge in [-0.2, -0.15) is 5.26 Å². The summed E-state index contributed by atoms with van der Waals surface area (Å²) in [5.74, 6) is -1.23. The Morgan fingerprint density at radius 1 is 1.08 bits per heavy atom. The van der Waals surface area contributed by atoms with E-state index in [1.807, 2.05) is 12.1 Å². The van der Waals surface area contributed by atoms with Crippen molar-refractivity contribution in [2.75, 3.05) is 31.1 Å². The van der Waals surface area contributed by atoms with Gasteiger partial charge < -0.3 is 25.0 Å². The van der Waals surface area contributed by atoms with Gasteiger partial charge >= 0.3 is 5.97 Å². The number of rotatable bonds is 10. The van der Waals surface area contributed by atoms with E-state index in [1.165, 1.54) is 22.1 Å². The van der Waals surface area contributed by atoms with Gasteiger partial charge in [0, 0.05) is 49.8 Å². The summed E-state index contributed by atoms with van der Waals surface area (Å²) in [5.41, 5.74) is 10.7. The summed E-state index contributed by atoms with van der Waals surface area (Å²) in [6.45, 7) is 8.86. The monoisotopic (exact) mass is 681 g/mol. The first-order chi connectivity index (χ1) is 23.9. The van der Waals surface area contributed by atoms with Crippen LogP contribution in [0.4, 0.5) is 10.1 Å². The zero-order valence-electron chi connectivity index (χ0n) is 28.9. The summed E-state index contributed by atoms with van der Waals surface area (Å²) < 4.78 is 26.3. The first kappa shape index (κ1) is 34.9. The van der Waals surface area contributed by atoms with Gasteiger partial charge in [-0.15, -0.1) is 0 Å². The number of nitrogens with zero attached hydrogens (tertiary/aromatic N) is 4. The lowest BCUT2D eigenvalue weighted by Crippen LogP contribution is -2.48. The van der Waals surface area contributed by atoms with Crippen LogP contribution in [-0.2, 0) is 33.9 Å². The normalized spacial score (nSPS) is 18.2. The Bertz CT molecular complexity index is 1820. The van der Waals surface area contributed by atoms with E-state index in [9.17, 15) is 18.8 Å². The number of halogens is 1. The van der Waals surface area contributed by atoms with E-state index in [-0.39, 0.29) is 31.1 Å². The summed E-state index contributed by atoms with van der Waals surface area (Å²) in [7, 11) is 0. The second-order valence-corrected chi connectivity index (χ2v) is 14.3. The Hall–Kier alpha value is -4.95. The highest BCUT2D eigenvalue weighted by Gasteiger charge is 2.37. The molecule has 3 aromatic rings. The number of amides is 2. The summed E-state index contributed by atoms with van der Waals surface area (Å²) in [5, 5.41) is 9.07. The first-order valence-corrected chi connectivity index (χ1v) is 17.3. The predicted molar refractivity (Wildman–Crippen MR) is 186 cm³/mol. The molecule has 3 aliphatic rings. The number of benzene rings is 3. The fourth-order valence-corrected chi connectivity index (χ4v) is 7.39. The van der Waals surface area contributed by atoms with Gasteiger partial charge in [0.2, 0.25) is 5.91 Å². The van der Waals surface area contributed by atoms with Gasteiger partial charge in [0.15, 0.2) is 0 Å². The SMILES string of the molecule is CC(C)(C)OC(=O)CCC(C(N)=O)N1Cc2c(OCc3ccc4c(c3)CCC[C@@H]4N3CCN(c4ccc(C#N)cc4F)CC3)cccc2C1=O. The van der Waals surface area contributed by atoms with E-state index in [2.05, 4.69) is 28.0 Å². The molecule has 0 aromatic heterocycles. The van der Waals surface area contributed by atoms with Crippen molar-refractivity contribution in [1.82, 2.24) is 9.80 Å². The van der Waals surface area contributed by atoms with Crippen molar-refractivity contribution in [3.63, 3.8) is 0 Å². The molecule has 0 bridgehead atoms. The second kappa shape index (κ2) is 14.5. The van der Waals surface area contributed by atoms with Crippen LogP contribution in [0.3, 0.4) is 0 Å². The average Bonchev–Trinajstić information content (AvgIpc) is 3.42. The number of hydrogen-bond donors (Lipinski definition) is 1. The van der Waals surface area contributed by atoms with Crippen LogP contribution in [0.1, 0.15) is 90.7 Å². The van der Waals surface area contributed by atoms with Crippen LogP contribution in [0.25, 0.3) is 0 Å². The number of carbonyl (C=O) groups is 3. The molecule has 1 fully saturated rings. The van der Waals surface area contributed by atoms with Crippen LogP contribution in [-0.4, -0.2) is 65.4 Å². The molecule has 1 aliphatic carbocycles. The van der Waals surface area contributed by atoms with Crippen LogP contribution >= 0.6 is 0 Å². The molecule has 0 radical (unpaired) electrons. The Morgan fingerprint density at radius 3 is 2.56 bits per heavy atom. The molecule has 2 atom stereocenters. The Balaban J connectivity index is 1.08. The zero-order chi connectivity index (χ0) is 35.6. The van der Waals surface area contributed by atoms with Crippen molar-refractivity contribution in [1.29, 1.82) is 5.26 Å². The van der Waals surface area contributed by atoms with Crippen molar-refractivity contribution < 1.29 is 28.2 Å². The highest BCUT2D eigenvalue weighted by atomic mass is 19.1. The molecule has 2 heterocycles. The van der Waals surface area contributed by atoms with Crippen LogP contribution in [0.2, 0.25) is 0 Å². The standard InChI is InChI=1S/C39H44FN5O5/c1-39(2,3)50-36(46)15-14-34(37(42)47)45-23-30-29(38(45)48)7-5-9-35(30)49-24-26-10-12-28-27(20-26)6-4-8-32(28)43-16-18-44(19-17-43)33-13-11-25(22-41)21-31(33)40/h5,7,9-13,20-21,32,34H,4,6,8,14-19,23-24H2,1-3H3,(H2,42,47)/t32-,34?/m0/s1. The van der Waals surface area contributed by atoms with E-state index in [1.54, 1.807) is 45.0 Å². The van der Waals surface area contributed by atoms with E-state index >= 15 is 0 Å². The third-order valence-electron chi connectivity index (χ3n) is 9.76. The van der Waals surface area contributed by atoms with Crippen LogP contribution in [0, 0.1) is 17.1 Å². The number of hydrogen-bond acceptors (Lipinski definition) is 8. The molecule has 0 spiro atoms. The Kier molecular flexibility index (Phi) is 10.1. The molecule has 2 aliphatic heterocycles. The minimum atomic E-state index is -0.955. The van der Waals surface area contributed by atoms with Crippen LogP contribution in [0.15, 0.2) is 54.6 Å². The minimum Gasteiger partial charge on any atom is -0.489 e. The van der Waals surface area contributed by atoms with E-state index in [0.717, 1.165) is 37.9 Å². The maximum Gasteiger partial charge on any atom is 0.306 e. The van der Waals surface area contributed by atoms with E-state index < -0.39 is 23.5 Å². The number of piperazine rings is 1. The lowest BCUT2D eigenvalue weighted by atomic mass is 9.85. The highest BCUT2D eigenvalue weighted by molar-refractivity contribution is 6.01. The number of fused-ring (bicyclic) bond motifs is 2. The lowest BCUT2D eigenvalue weighted by molar-refractivity contribution is -0.155. The largest absolute Gasteiger partial charge is 0.489 e. The molecule has 11 heteroatoms. The number of anilines is 1. The molecule has 6 rings (SSSR count). The number of nitrogens with two attached hydrogens (primary N) is 1. The molecule has 1 unspecified atom stereocenters. The van der Waals surface area contributed by atoms with Gasteiger partial charge in [-0.05, 0) is 93.5 Å². The average molecular weight is 682 g/mol. The molecule has 262 valence electrons.